The van der Waals surface area contributed by atoms with Crippen molar-refractivity contribution >= 4 is 21.7 Å². The van der Waals surface area contributed by atoms with E-state index in [4.69, 9.17) is 4.74 Å². The number of ketones is 1. The average Bonchev–Trinajstić information content (AvgIpc) is 2.35. The molecule has 19 heavy (non-hydrogen) atoms. The highest BCUT2D eigenvalue weighted by molar-refractivity contribution is 9.10. The number of carbonyl (C=O) groups excluding carboxylic acids is 1. The van der Waals surface area contributed by atoms with E-state index >= 15 is 0 Å². The molecule has 0 bridgehead atoms. The molecule has 0 spiro atoms. The number of halogens is 4. The SMILES string of the molecule is CCC(Br)C(=O)c1ccc(OC(F)(F)F)c(OC)c1. The Bertz CT molecular complexity index is 460. The quantitative estimate of drug-likeness (QED) is 0.601. The molecule has 0 aromatic heterocycles. The summed E-state index contributed by atoms with van der Waals surface area (Å²) in [5.41, 5.74) is 0.259. The first-order chi connectivity index (χ1) is 8.78. The lowest BCUT2D eigenvalue weighted by molar-refractivity contribution is -0.275. The standard InChI is InChI=1S/C12H12BrF3O3/c1-3-8(13)11(17)7-4-5-9(10(6-7)18-2)19-12(14,15)16/h4-6,8H,3H2,1-2H3. The number of carbonyl (C=O) groups is 1. The van der Waals surface area contributed by atoms with E-state index < -0.39 is 12.1 Å². The topological polar surface area (TPSA) is 35.5 Å². The van der Waals surface area contributed by atoms with Crippen LogP contribution in [0, 0.1) is 0 Å². The minimum Gasteiger partial charge on any atom is -0.493 e. The van der Waals surface area contributed by atoms with E-state index in [0.29, 0.717) is 6.42 Å². The number of ether oxygens (including phenoxy) is 2. The minimum absolute atomic E-state index is 0.140. The monoisotopic (exact) mass is 340 g/mol. The average molecular weight is 341 g/mol. The highest BCUT2D eigenvalue weighted by atomic mass is 79.9. The van der Waals surface area contributed by atoms with Gasteiger partial charge in [0.05, 0.1) is 11.9 Å². The third-order valence-corrected chi connectivity index (χ3v) is 3.38. The first kappa shape index (κ1) is 15.8. The van der Waals surface area contributed by atoms with Crippen LogP contribution in [0.4, 0.5) is 13.2 Å². The molecule has 1 rings (SSSR count). The lowest BCUT2D eigenvalue weighted by Gasteiger charge is -2.14. The second kappa shape index (κ2) is 6.27. The Morgan fingerprint density at radius 1 is 1.37 bits per heavy atom. The van der Waals surface area contributed by atoms with Crippen molar-refractivity contribution in [2.75, 3.05) is 7.11 Å². The van der Waals surface area contributed by atoms with Gasteiger partial charge in [0, 0.05) is 5.56 Å². The second-order valence-corrected chi connectivity index (χ2v) is 4.76. The second-order valence-electron chi connectivity index (χ2n) is 3.65. The molecular formula is C12H12BrF3O3. The van der Waals surface area contributed by atoms with Gasteiger partial charge < -0.3 is 9.47 Å². The van der Waals surface area contributed by atoms with Crippen LogP contribution in [-0.4, -0.2) is 24.1 Å². The normalized spacial score (nSPS) is 12.9. The Morgan fingerprint density at radius 2 is 2.00 bits per heavy atom. The number of hydrogen-bond donors (Lipinski definition) is 0. The van der Waals surface area contributed by atoms with Gasteiger partial charge in [0.1, 0.15) is 0 Å². The molecule has 0 amide bonds. The summed E-state index contributed by atoms with van der Waals surface area (Å²) in [7, 11) is 1.21. The molecule has 0 aliphatic carbocycles. The fraction of sp³-hybridized carbons (Fsp3) is 0.417. The number of benzene rings is 1. The van der Waals surface area contributed by atoms with Crippen LogP contribution in [0.2, 0.25) is 0 Å². The van der Waals surface area contributed by atoms with Gasteiger partial charge >= 0.3 is 6.36 Å². The summed E-state index contributed by atoms with van der Waals surface area (Å²) in [6.07, 6.45) is -4.23. The number of hydrogen-bond acceptors (Lipinski definition) is 3. The van der Waals surface area contributed by atoms with E-state index in [2.05, 4.69) is 20.7 Å². The molecule has 3 nitrogen and oxygen atoms in total. The smallest absolute Gasteiger partial charge is 0.493 e. The van der Waals surface area contributed by atoms with Crippen molar-refractivity contribution in [1.29, 1.82) is 0 Å². The van der Waals surface area contributed by atoms with Gasteiger partial charge in [-0.25, -0.2) is 0 Å². The number of methoxy groups -OCH3 is 1. The first-order valence-electron chi connectivity index (χ1n) is 5.40. The minimum atomic E-state index is -4.81. The van der Waals surface area contributed by atoms with E-state index in [-0.39, 0.29) is 21.9 Å². The molecule has 0 aliphatic heterocycles. The zero-order valence-electron chi connectivity index (χ0n) is 10.3. The maximum atomic E-state index is 12.1. The third-order valence-electron chi connectivity index (χ3n) is 2.32. The summed E-state index contributed by atoms with van der Waals surface area (Å²) in [5.74, 6) is -0.840. The molecule has 0 fully saturated rings. The van der Waals surface area contributed by atoms with Crippen molar-refractivity contribution in [3.8, 4) is 11.5 Å². The van der Waals surface area contributed by atoms with Crippen molar-refractivity contribution in [3.05, 3.63) is 23.8 Å². The van der Waals surface area contributed by atoms with E-state index in [9.17, 15) is 18.0 Å². The molecular weight excluding hydrogens is 329 g/mol. The highest BCUT2D eigenvalue weighted by Gasteiger charge is 2.32. The summed E-state index contributed by atoms with van der Waals surface area (Å²) in [6.45, 7) is 1.82. The lowest BCUT2D eigenvalue weighted by Crippen LogP contribution is -2.18. The van der Waals surface area contributed by atoms with Crippen LogP contribution >= 0.6 is 15.9 Å². The largest absolute Gasteiger partial charge is 0.573 e. The third kappa shape index (κ3) is 4.41. The van der Waals surface area contributed by atoms with Gasteiger partial charge in [-0.15, -0.1) is 13.2 Å². The van der Waals surface area contributed by atoms with Gasteiger partial charge in [0.15, 0.2) is 17.3 Å². The summed E-state index contributed by atoms with van der Waals surface area (Å²) >= 11 is 3.19. The van der Waals surface area contributed by atoms with Crippen LogP contribution in [0.15, 0.2) is 18.2 Å². The molecule has 0 N–H and O–H groups in total. The maximum Gasteiger partial charge on any atom is 0.573 e. The number of Topliss-reactive ketones (excluding diaryl/α,β-unsaturated/α-hetero) is 1. The maximum absolute atomic E-state index is 12.1. The molecule has 0 saturated heterocycles. The Morgan fingerprint density at radius 3 is 2.47 bits per heavy atom. The van der Waals surface area contributed by atoms with Gasteiger partial charge in [-0.2, -0.15) is 0 Å². The van der Waals surface area contributed by atoms with Crippen LogP contribution in [0.1, 0.15) is 23.7 Å². The molecule has 0 heterocycles. The number of rotatable bonds is 5. The molecule has 1 atom stereocenters. The van der Waals surface area contributed by atoms with Crippen LogP contribution in [0.5, 0.6) is 11.5 Å². The summed E-state index contributed by atoms with van der Waals surface area (Å²) in [4.78, 5) is 11.5. The van der Waals surface area contributed by atoms with Crippen molar-refractivity contribution in [1.82, 2.24) is 0 Å². The van der Waals surface area contributed by atoms with Gasteiger partial charge in [-0.05, 0) is 24.6 Å². The van der Waals surface area contributed by atoms with Crippen molar-refractivity contribution in [2.24, 2.45) is 0 Å². The van der Waals surface area contributed by atoms with Gasteiger partial charge in [0.25, 0.3) is 0 Å². The summed E-state index contributed by atoms with van der Waals surface area (Å²) < 4.78 is 45.0. The Balaban J connectivity index is 3.05. The molecule has 0 saturated carbocycles. The Kier molecular flexibility index (Phi) is 5.22. The molecule has 1 aromatic rings. The molecule has 7 heteroatoms. The fourth-order valence-electron chi connectivity index (χ4n) is 1.40. The van der Waals surface area contributed by atoms with Crippen molar-refractivity contribution < 1.29 is 27.4 Å². The molecule has 1 aromatic carbocycles. The number of alkyl halides is 4. The Hall–Kier alpha value is -1.24. The van der Waals surface area contributed by atoms with Crippen LogP contribution in [0.25, 0.3) is 0 Å². The van der Waals surface area contributed by atoms with E-state index in [0.717, 1.165) is 6.07 Å². The lowest BCUT2D eigenvalue weighted by atomic mass is 10.1. The van der Waals surface area contributed by atoms with Crippen molar-refractivity contribution in [3.63, 3.8) is 0 Å². The van der Waals surface area contributed by atoms with E-state index in [1.54, 1.807) is 0 Å². The fourth-order valence-corrected chi connectivity index (χ4v) is 1.66. The first-order valence-corrected chi connectivity index (χ1v) is 6.32. The van der Waals surface area contributed by atoms with Gasteiger partial charge in [0.2, 0.25) is 0 Å². The highest BCUT2D eigenvalue weighted by Crippen LogP contribution is 2.33. The van der Waals surface area contributed by atoms with Gasteiger partial charge in [-0.3, -0.25) is 4.79 Å². The van der Waals surface area contributed by atoms with E-state index in [1.807, 2.05) is 6.92 Å². The van der Waals surface area contributed by atoms with E-state index in [1.165, 1.54) is 19.2 Å². The summed E-state index contributed by atoms with van der Waals surface area (Å²) in [5, 5.41) is 0. The molecule has 0 aliphatic rings. The predicted molar refractivity (Wildman–Crippen MR) is 67.0 cm³/mol. The zero-order chi connectivity index (χ0) is 14.6. The van der Waals surface area contributed by atoms with Crippen LogP contribution < -0.4 is 9.47 Å². The Labute approximate surface area is 116 Å². The predicted octanol–water partition coefficient (Wildman–Crippen LogP) is 3.95. The molecule has 0 radical (unpaired) electrons. The van der Waals surface area contributed by atoms with Gasteiger partial charge in [-0.1, -0.05) is 22.9 Å². The zero-order valence-corrected chi connectivity index (χ0v) is 11.8. The summed E-state index contributed by atoms with van der Waals surface area (Å²) in [6, 6.07) is 3.57. The molecule has 1 unspecified atom stereocenters. The molecule has 106 valence electrons. The van der Waals surface area contributed by atoms with Crippen LogP contribution in [0.3, 0.4) is 0 Å². The van der Waals surface area contributed by atoms with Crippen molar-refractivity contribution in [2.45, 2.75) is 24.5 Å². The van der Waals surface area contributed by atoms with Crippen LogP contribution in [-0.2, 0) is 0 Å².